The lowest BCUT2D eigenvalue weighted by Crippen LogP contribution is -2.25. The summed E-state index contributed by atoms with van der Waals surface area (Å²) in [6.45, 7) is 5.92. The molecule has 19 heavy (non-hydrogen) atoms. The average molecular weight is 261 g/mol. The number of pyridine rings is 1. The minimum atomic E-state index is -0.139. The minimum absolute atomic E-state index is 0.139. The Morgan fingerprint density at radius 3 is 3.05 bits per heavy atom. The number of hydrogen-bond acceptors (Lipinski definition) is 3. The van der Waals surface area contributed by atoms with Crippen molar-refractivity contribution >= 4 is 11.6 Å². The molecule has 102 valence electrons. The lowest BCUT2D eigenvalue weighted by atomic mass is 10.4. The van der Waals surface area contributed by atoms with Crippen LogP contribution in [-0.4, -0.2) is 35.1 Å². The number of carbonyl (C=O) groups excluding carboxylic acids is 1. The molecule has 0 radical (unpaired) electrons. The van der Waals surface area contributed by atoms with Crippen molar-refractivity contribution in [2.24, 2.45) is 0 Å². The van der Waals surface area contributed by atoms with Crippen LogP contribution in [0.3, 0.4) is 0 Å². The van der Waals surface area contributed by atoms with E-state index in [4.69, 9.17) is 4.74 Å². The normalized spacial score (nSPS) is 10.8. The van der Waals surface area contributed by atoms with E-state index in [1.165, 1.54) is 0 Å². The maximum absolute atomic E-state index is 11.9. The van der Waals surface area contributed by atoms with Gasteiger partial charge in [0.15, 0.2) is 0 Å². The van der Waals surface area contributed by atoms with Crippen molar-refractivity contribution in [3.63, 3.8) is 0 Å². The zero-order chi connectivity index (χ0) is 13.7. The van der Waals surface area contributed by atoms with Crippen LogP contribution in [0.1, 0.15) is 29.5 Å². The molecule has 2 rings (SSSR count). The van der Waals surface area contributed by atoms with E-state index in [-0.39, 0.29) is 5.91 Å². The Labute approximate surface area is 112 Å². The summed E-state index contributed by atoms with van der Waals surface area (Å²) in [5, 5.41) is 2.84. The molecule has 0 saturated heterocycles. The number of nitrogens with one attached hydrogen (secondary N) is 1. The van der Waals surface area contributed by atoms with E-state index in [0.29, 0.717) is 25.5 Å². The van der Waals surface area contributed by atoms with Crippen LogP contribution < -0.4 is 5.32 Å². The van der Waals surface area contributed by atoms with Gasteiger partial charge in [-0.25, -0.2) is 4.98 Å². The third-order valence-electron chi connectivity index (χ3n) is 2.88. The quantitative estimate of drug-likeness (QED) is 0.807. The van der Waals surface area contributed by atoms with Crippen LogP contribution in [-0.2, 0) is 4.74 Å². The van der Waals surface area contributed by atoms with Crippen molar-refractivity contribution < 1.29 is 9.53 Å². The van der Waals surface area contributed by atoms with Gasteiger partial charge in [0.25, 0.3) is 5.91 Å². The third-order valence-corrected chi connectivity index (χ3v) is 2.88. The third kappa shape index (κ3) is 3.32. The largest absolute Gasteiger partial charge is 0.382 e. The number of nitrogens with zero attached hydrogens (tertiary/aromatic N) is 2. The molecule has 0 spiro atoms. The maximum Gasteiger partial charge on any atom is 0.271 e. The number of aromatic nitrogens is 2. The molecule has 0 saturated carbocycles. The maximum atomic E-state index is 11.9. The van der Waals surface area contributed by atoms with Crippen LogP contribution in [0.15, 0.2) is 24.4 Å². The Hall–Kier alpha value is -1.88. The van der Waals surface area contributed by atoms with Crippen molar-refractivity contribution in [3.05, 3.63) is 35.8 Å². The number of carbonyl (C=O) groups is 1. The first kappa shape index (κ1) is 13.5. The van der Waals surface area contributed by atoms with E-state index in [9.17, 15) is 4.79 Å². The second-order valence-corrected chi connectivity index (χ2v) is 4.33. The fourth-order valence-corrected chi connectivity index (χ4v) is 1.87. The topological polar surface area (TPSA) is 55.6 Å². The highest BCUT2D eigenvalue weighted by molar-refractivity contribution is 5.92. The molecule has 0 aliphatic carbocycles. The first-order valence-corrected chi connectivity index (χ1v) is 6.53. The van der Waals surface area contributed by atoms with Gasteiger partial charge in [-0.05, 0) is 32.4 Å². The van der Waals surface area contributed by atoms with E-state index < -0.39 is 0 Å². The van der Waals surface area contributed by atoms with E-state index in [1.54, 1.807) is 6.20 Å². The van der Waals surface area contributed by atoms with Crippen molar-refractivity contribution in [3.8, 4) is 0 Å². The molecule has 2 aromatic rings. The minimum Gasteiger partial charge on any atom is -0.382 e. The highest BCUT2D eigenvalue weighted by Gasteiger charge is 2.10. The zero-order valence-corrected chi connectivity index (χ0v) is 11.3. The van der Waals surface area contributed by atoms with Crippen molar-refractivity contribution in [1.29, 1.82) is 0 Å². The predicted molar refractivity (Wildman–Crippen MR) is 73.4 cm³/mol. The van der Waals surface area contributed by atoms with Crippen LogP contribution in [0, 0.1) is 6.92 Å². The fourth-order valence-electron chi connectivity index (χ4n) is 1.87. The predicted octanol–water partition coefficient (Wildman–Crippen LogP) is 1.80. The number of fused-ring (bicyclic) bond motifs is 1. The Balaban J connectivity index is 1.96. The summed E-state index contributed by atoms with van der Waals surface area (Å²) >= 11 is 0. The lowest BCUT2D eigenvalue weighted by Gasteiger charge is -2.02. The molecule has 2 heterocycles. The first-order chi connectivity index (χ1) is 9.22. The van der Waals surface area contributed by atoms with E-state index in [0.717, 1.165) is 17.8 Å². The fraction of sp³-hybridized carbons (Fsp3) is 0.429. The zero-order valence-electron chi connectivity index (χ0n) is 11.3. The number of imidazole rings is 1. The monoisotopic (exact) mass is 261 g/mol. The molecule has 0 aromatic carbocycles. The van der Waals surface area contributed by atoms with Gasteiger partial charge in [0, 0.05) is 31.6 Å². The van der Waals surface area contributed by atoms with Gasteiger partial charge in [-0.15, -0.1) is 0 Å². The second kappa shape index (κ2) is 6.33. The smallest absolute Gasteiger partial charge is 0.271 e. The van der Waals surface area contributed by atoms with Crippen molar-refractivity contribution in [2.75, 3.05) is 19.8 Å². The molecule has 5 heteroatoms. The Kier molecular flexibility index (Phi) is 4.52. The van der Waals surface area contributed by atoms with Gasteiger partial charge in [0.2, 0.25) is 0 Å². The van der Waals surface area contributed by atoms with Crippen LogP contribution in [0.25, 0.3) is 5.65 Å². The number of ether oxygens (including phenoxy) is 1. The summed E-state index contributed by atoms with van der Waals surface area (Å²) in [7, 11) is 0. The number of aryl methyl sites for hydroxylation is 1. The van der Waals surface area contributed by atoms with E-state index in [1.807, 2.05) is 36.4 Å². The molecular formula is C14H19N3O2. The molecule has 0 aliphatic rings. The highest BCUT2D eigenvalue weighted by atomic mass is 16.5. The summed E-state index contributed by atoms with van der Waals surface area (Å²) in [6, 6.07) is 5.80. The van der Waals surface area contributed by atoms with Gasteiger partial charge in [-0.2, -0.15) is 0 Å². The van der Waals surface area contributed by atoms with Crippen LogP contribution in [0.5, 0.6) is 0 Å². The molecule has 1 N–H and O–H groups in total. The van der Waals surface area contributed by atoms with Gasteiger partial charge in [0.1, 0.15) is 11.3 Å². The lowest BCUT2D eigenvalue weighted by molar-refractivity contribution is 0.0940. The number of hydrogen-bond donors (Lipinski definition) is 1. The second-order valence-electron chi connectivity index (χ2n) is 4.33. The highest BCUT2D eigenvalue weighted by Crippen LogP contribution is 2.08. The molecular weight excluding hydrogens is 242 g/mol. The molecule has 0 unspecified atom stereocenters. The standard InChI is InChI=1S/C14H19N3O2/c1-3-19-9-5-8-15-14(18)12-10-17-11(2)6-4-7-13(17)16-12/h4,6-7,10H,3,5,8-9H2,1-2H3,(H,15,18). The van der Waals surface area contributed by atoms with Gasteiger partial charge in [-0.1, -0.05) is 6.07 Å². The van der Waals surface area contributed by atoms with E-state index in [2.05, 4.69) is 10.3 Å². The molecule has 1 amide bonds. The molecule has 0 fully saturated rings. The van der Waals surface area contributed by atoms with Gasteiger partial charge < -0.3 is 14.5 Å². The Morgan fingerprint density at radius 2 is 2.32 bits per heavy atom. The number of rotatable bonds is 6. The SMILES string of the molecule is CCOCCCNC(=O)c1cn2c(C)cccc2n1. The van der Waals surface area contributed by atoms with Crippen LogP contribution in [0.2, 0.25) is 0 Å². The molecule has 0 atom stereocenters. The molecule has 0 aliphatic heterocycles. The molecule has 0 bridgehead atoms. The summed E-state index contributed by atoms with van der Waals surface area (Å²) < 4.78 is 7.13. The van der Waals surface area contributed by atoms with Crippen LogP contribution in [0.4, 0.5) is 0 Å². The van der Waals surface area contributed by atoms with Crippen molar-refractivity contribution in [2.45, 2.75) is 20.3 Å². The summed E-state index contributed by atoms with van der Waals surface area (Å²) in [4.78, 5) is 16.2. The summed E-state index contributed by atoms with van der Waals surface area (Å²) in [6.07, 6.45) is 2.58. The van der Waals surface area contributed by atoms with Gasteiger partial charge in [0.05, 0.1) is 0 Å². The van der Waals surface area contributed by atoms with Crippen LogP contribution >= 0.6 is 0 Å². The average Bonchev–Trinajstić information content (AvgIpc) is 2.84. The van der Waals surface area contributed by atoms with E-state index >= 15 is 0 Å². The van der Waals surface area contributed by atoms with Gasteiger partial charge >= 0.3 is 0 Å². The number of amides is 1. The molecule has 5 nitrogen and oxygen atoms in total. The van der Waals surface area contributed by atoms with Gasteiger partial charge in [-0.3, -0.25) is 4.79 Å². The Bertz CT molecular complexity index is 563. The Morgan fingerprint density at radius 1 is 1.47 bits per heavy atom. The molecule has 2 aromatic heterocycles. The first-order valence-electron chi connectivity index (χ1n) is 6.53. The summed E-state index contributed by atoms with van der Waals surface area (Å²) in [5.41, 5.74) is 2.30. The van der Waals surface area contributed by atoms with Crippen molar-refractivity contribution in [1.82, 2.24) is 14.7 Å². The summed E-state index contributed by atoms with van der Waals surface area (Å²) in [5.74, 6) is -0.139.